The van der Waals surface area contributed by atoms with Crippen molar-refractivity contribution >= 4 is 28.5 Å². The molecule has 1 saturated heterocycles. The number of alkyl halides is 1. The van der Waals surface area contributed by atoms with Crippen molar-refractivity contribution in [3.8, 4) is 5.75 Å². The molecule has 1 aromatic heterocycles. The molecule has 1 aliphatic heterocycles. The van der Waals surface area contributed by atoms with Gasteiger partial charge in [0, 0.05) is 29.6 Å². The second kappa shape index (κ2) is 13.2. The predicted molar refractivity (Wildman–Crippen MR) is 146 cm³/mol. The third-order valence-electron chi connectivity index (χ3n) is 7.69. The van der Waals surface area contributed by atoms with E-state index in [1.807, 2.05) is 36.4 Å². The lowest BCUT2D eigenvalue weighted by Gasteiger charge is -2.39. The summed E-state index contributed by atoms with van der Waals surface area (Å²) >= 11 is 6.30. The Morgan fingerprint density at radius 2 is 2.05 bits per heavy atom. The van der Waals surface area contributed by atoms with E-state index >= 15 is 4.39 Å². The van der Waals surface area contributed by atoms with Gasteiger partial charge in [0.1, 0.15) is 11.9 Å². The molecular weight excluding hydrogens is 491 g/mol. The van der Waals surface area contributed by atoms with E-state index in [4.69, 9.17) is 16.3 Å². The molecule has 3 aromatic rings. The molecule has 37 heavy (non-hydrogen) atoms. The number of likely N-dealkylation sites (tertiary alicyclic amines) is 1. The number of carboxylic acid groups (broad SMARTS) is 1. The van der Waals surface area contributed by atoms with Gasteiger partial charge < -0.3 is 14.7 Å². The summed E-state index contributed by atoms with van der Waals surface area (Å²) in [5, 5.41) is 10.9. The van der Waals surface area contributed by atoms with Crippen LogP contribution in [0.3, 0.4) is 0 Å². The topological polar surface area (TPSA) is 62.7 Å². The first kappa shape index (κ1) is 27.3. The lowest BCUT2D eigenvalue weighted by molar-refractivity contribution is -0.137. The normalized spacial score (nSPS) is 19.1. The minimum absolute atomic E-state index is 0.155. The van der Waals surface area contributed by atoms with E-state index in [1.165, 1.54) is 0 Å². The highest BCUT2D eigenvalue weighted by molar-refractivity contribution is 6.31. The number of rotatable bonds is 12. The minimum Gasteiger partial charge on any atom is -0.497 e. The van der Waals surface area contributed by atoms with Gasteiger partial charge in [-0.3, -0.25) is 9.78 Å². The van der Waals surface area contributed by atoms with Crippen molar-refractivity contribution < 1.29 is 19.0 Å². The maximum Gasteiger partial charge on any atom is 0.303 e. The molecule has 2 aromatic carbocycles. The third kappa shape index (κ3) is 7.42. The summed E-state index contributed by atoms with van der Waals surface area (Å²) in [6.07, 6.45) is 5.39. The molecule has 1 N–H and O–H groups in total. The van der Waals surface area contributed by atoms with Crippen LogP contribution < -0.4 is 4.74 Å². The molecule has 0 aliphatic carbocycles. The number of aromatic nitrogens is 1. The second-order valence-corrected chi connectivity index (χ2v) is 10.5. The van der Waals surface area contributed by atoms with Crippen molar-refractivity contribution in [1.29, 1.82) is 0 Å². The van der Waals surface area contributed by atoms with Crippen LogP contribution in [0.25, 0.3) is 10.9 Å². The Bertz CT molecular complexity index is 1190. The maximum atomic E-state index is 15.6. The molecule has 1 aliphatic rings. The fraction of sp³-hybridized carbons (Fsp3) is 0.467. The standard InChI is InChI=1S/C30H36ClFN2O3/c1-37-24-10-12-29-26(19-24)25(14-16-33-29)28(32)11-8-21-15-18-34(20-23(21)9-13-30(35)36)17-4-6-22-5-2-3-7-27(22)31/h2-3,5,7,10,12,14,16,19,21,23,28H,4,6,8-9,11,13,15,17-18,20H2,1H3,(H,35,36)/t21-,23-,28-/m1/s1. The summed E-state index contributed by atoms with van der Waals surface area (Å²) in [5.74, 6) is 0.492. The van der Waals surface area contributed by atoms with Crippen LogP contribution >= 0.6 is 11.6 Å². The molecule has 0 amide bonds. The summed E-state index contributed by atoms with van der Waals surface area (Å²) < 4.78 is 20.9. The Labute approximate surface area is 223 Å². The molecule has 0 bridgehead atoms. The average Bonchev–Trinajstić information content (AvgIpc) is 2.91. The lowest BCUT2D eigenvalue weighted by Crippen LogP contribution is -2.41. The minimum atomic E-state index is -1.11. The van der Waals surface area contributed by atoms with Crippen LogP contribution in [0.15, 0.2) is 54.7 Å². The number of nitrogens with zero attached hydrogens (tertiary/aromatic N) is 2. The second-order valence-electron chi connectivity index (χ2n) is 10.1. The first-order valence-electron chi connectivity index (χ1n) is 13.2. The van der Waals surface area contributed by atoms with Crippen LogP contribution in [0, 0.1) is 11.8 Å². The van der Waals surface area contributed by atoms with Gasteiger partial charge in [0.2, 0.25) is 0 Å². The number of ether oxygens (including phenoxy) is 1. The largest absolute Gasteiger partial charge is 0.497 e. The van der Waals surface area contributed by atoms with E-state index in [1.54, 1.807) is 19.4 Å². The number of aliphatic carboxylic acids is 1. The fourth-order valence-corrected chi connectivity index (χ4v) is 5.86. The molecule has 198 valence electrons. The number of piperidine rings is 1. The number of methoxy groups -OCH3 is 1. The molecule has 4 rings (SSSR count). The molecular formula is C30H36ClFN2O3. The van der Waals surface area contributed by atoms with E-state index in [0.29, 0.717) is 30.1 Å². The summed E-state index contributed by atoms with van der Waals surface area (Å²) in [6.45, 7) is 2.79. The smallest absolute Gasteiger partial charge is 0.303 e. The molecule has 0 spiro atoms. The van der Waals surface area contributed by atoms with Crippen LogP contribution in [-0.2, 0) is 11.2 Å². The maximum absolute atomic E-state index is 15.6. The number of carbonyl (C=O) groups is 1. The summed E-state index contributed by atoms with van der Waals surface area (Å²) in [7, 11) is 1.60. The van der Waals surface area contributed by atoms with Crippen LogP contribution in [-0.4, -0.2) is 47.7 Å². The van der Waals surface area contributed by atoms with Gasteiger partial charge in [0.25, 0.3) is 0 Å². The highest BCUT2D eigenvalue weighted by Gasteiger charge is 2.30. The van der Waals surface area contributed by atoms with Gasteiger partial charge in [-0.1, -0.05) is 29.8 Å². The fourth-order valence-electron chi connectivity index (χ4n) is 5.63. The summed E-state index contributed by atoms with van der Waals surface area (Å²) in [5.41, 5.74) is 2.56. The molecule has 1 fully saturated rings. The van der Waals surface area contributed by atoms with E-state index in [9.17, 15) is 9.90 Å². The number of fused-ring (bicyclic) bond motifs is 1. The van der Waals surface area contributed by atoms with E-state index < -0.39 is 12.1 Å². The number of pyridine rings is 1. The van der Waals surface area contributed by atoms with Gasteiger partial charge in [-0.2, -0.15) is 0 Å². The molecule has 0 unspecified atom stereocenters. The molecule has 3 atom stereocenters. The zero-order valence-corrected chi connectivity index (χ0v) is 22.2. The number of hydrogen-bond acceptors (Lipinski definition) is 4. The van der Waals surface area contributed by atoms with Crippen molar-refractivity contribution in [3.05, 3.63) is 70.9 Å². The Morgan fingerprint density at radius 3 is 2.84 bits per heavy atom. The Hall–Kier alpha value is -2.70. The molecule has 0 saturated carbocycles. The summed E-state index contributed by atoms with van der Waals surface area (Å²) in [6, 6.07) is 15.2. The van der Waals surface area contributed by atoms with Crippen LogP contribution in [0.4, 0.5) is 4.39 Å². The quantitative estimate of drug-likeness (QED) is 0.272. The van der Waals surface area contributed by atoms with Gasteiger partial charge >= 0.3 is 5.97 Å². The lowest BCUT2D eigenvalue weighted by atomic mass is 9.79. The van der Waals surface area contributed by atoms with Gasteiger partial charge in [0.05, 0.1) is 12.6 Å². The molecule has 0 radical (unpaired) electrons. The molecule has 5 nitrogen and oxygen atoms in total. The molecule has 2 heterocycles. The van der Waals surface area contributed by atoms with Gasteiger partial charge in [0.15, 0.2) is 0 Å². The Kier molecular flexibility index (Phi) is 9.75. The van der Waals surface area contributed by atoms with E-state index in [0.717, 1.165) is 66.8 Å². The number of hydrogen-bond donors (Lipinski definition) is 1. The number of benzene rings is 2. The van der Waals surface area contributed by atoms with Crippen LogP contribution in [0.2, 0.25) is 5.02 Å². The zero-order valence-electron chi connectivity index (χ0n) is 21.4. The monoisotopic (exact) mass is 526 g/mol. The number of carboxylic acids is 1. The highest BCUT2D eigenvalue weighted by atomic mass is 35.5. The van der Waals surface area contributed by atoms with Crippen LogP contribution in [0.1, 0.15) is 55.8 Å². The summed E-state index contributed by atoms with van der Waals surface area (Å²) in [4.78, 5) is 18.1. The van der Waals surface area contributed by atoms with Gasteiger partial charge in [-0.15, -0.1) is 0 Å². The first-order valence-corrected chi connectivity index (χ1v) is 13.6. The predicted octanol–water partition coefficient (Wildman–Crippen LogP) is 7.12. The van der Waals surface area contributed by atoms with Crippen molar-refractivity contribution in [2.24, 2.45) is 11.8 Å². The molecule has 7 heteroatoms. The number of halogens is 2. The van der Waals surface area contributed by atoms with Crippen LogP contribution in [0.5, 0.6) is 5.75 Å². The van der Waals surface area contributed by atoms with E-state index in [2.05, 4.69) is 16.0 Å². The van der Waals surface area contributed by atoms with Crippen molar-refractivity contribution in [2.45, 2.75) is 51.1 Å². The Morgan fingerprint density at radius 1 is 1.22 bits per heavy atom. The van der Waals surface area contributed by atoms with Gasteiger partial charge in [-0.25, -0.2) is 4.39 Å². The average molecular weight is 527 g/mol. The highest BCUT2D eigenvalue weighted by Crippen LogP contribution is 2.36. The SMILES string of the molecule is COc1ccc2nccc([C@H](F)CC[C@@H]3CCN(CCCc4ccccc4Cl)C[C@H]3CCC(=O)O)c2c1. The zero-order chi connectivity index (χ0) is 26.2. The van der Waals surface area contributed by atoms with Crippen molar-refractivity contribution in [3.63, 3.8) is 0 Å². The first-order chi connectivity index (χ1) is 17.9. The Balaban J connectivity index is 1.35. The van der Waals surface area contributed by atoms with Gasteiger partial charge in [-0.05, 0) is 105 Å². The van der Waals surface area contributed by atoms with Crippen molar-refractivity contribution in [2.75, 3.05) is 26.7 Å². The third-order valence-corrected chi connectivity index (χ3v) is 8.06. The van der Waals surface area contributed by atoms with Crippen molar-refractivity contribution in [1.82, 2.24) is 9.88 Å². The van der Waals surface area contributed by atoms with E-state index in [-0.39, 0.29) is 12.3 Å². The number of aryl methyl sites for hydroxylation is 1.